The van der Waals surface area contributed by atoms with Crippen molar-refractivity contribution in [1.29, 1.82) is 0 Å². The van der Waals surface area contributed by atoms with Crippen LogP contribution in [0.2, 0.25) is 0 Å². The van der Waals surface area contributed by atoms with Crippen LogP contribution in [0.5, 0.6) is 5.75 Å². The van der Waals surface area contributed by atoms with E-state index in [4.69, 9.17) is 8.83 Å². The molecule has 22 heavy (non-hydrogen) atoms. The van der Waals surface area contributed by atoms with Gasteiger partial charge in [-0.3, -0.25) is 0 Å². The fraction of sp³-hybridized carbons (Fsp3) is 0. The number of anilines is 3. The first-order valence-corrected chi connectivity index (χ1v) is 6.32. The Kier molecular flexibility index (Phi) is 3.53. The summed E-state index contributed by atoms with van der Waals surface area (Å²) in [4.78, 5) is 13.5. The summed E-state index contributed by atoms with van der Waals surface area (Å²) < 4.78 is 23.7. The number of hydrogen-bond donors (Lipinski definition) is 2. The minimum Gasteiger partial charge on any atom is -0.503 e. The molecule has 0 spiro atoms. The molecule has 0 atom stereocenters. The molecule has 0 radical (unpaired) electrons. The summed E-state index contributed by atoms with van der Waals surface area (Å²) in [5.41, 5.74) is -0.0619. The molecule has 0 aliphatic rings. The lowest BCUT2D eigenvalue weighted by atomic mass is 10.3. The second-order valence-electron chi connectivity index (χ2n) is 4.30. The number of carbonyl (C=O) groups is 1. The van der Waals surface area contributed by atoms with E-state index in [1.165, 1.54) is 24.7 Å². The van der Waals surface area contributed by atoms with E-state index >= 15 is 0 Å². The predicted octanol–water partition coefficient (Wildman–Crippen LogP) is 4.09. The number of phenols is 1. The molecule has 0 bridgehead atoms. The van der Waals surface area contributed by atoms with Gasteiger partial charge < -0.3 is 19.3 Å². The molecular formula is C15H11FN2O4. The van der Waals surface area contributed by atoms with Crippen molar-refractivity contribution in [2.75, 3.05) is 10.2 Å². The Hall–Kier alpha value is -3.22. The number of aromatic hydroxyl groups is 1. The second kappa shape index (κ2) is 5.65. The molecule has 2 N–H and O–H groups in total. The number of nitrogens with one attached hydrogen (secondary N) is 1. The first kappa shape index (κ1) is 13.7. The maximum Gasteiger partial charge on any atom is 0.335 e. The van der Waals surface area contributed by atoms with Gasteiger partial charge in [0.15, 0.2) is 11.6 Å². The molecule has 3 aromatic rings. The number of benzene rings is 1. The van der Waals surface area contributed by atoms with Crippen LogP contribution < -0.4 is 10.2 Å². The Labute approximate surface area is 124 Å². The maximum atomic E-state index is 13.3. The summed E-state index contributed by atoms with van der Waals surface area (Å²) in [6, 6.07) is 9.50. The molecule has 6 nitrogen and oxygen atoms in total. The van der Waals surface area contributed by atoms with Crippen LogP contribution in [0.25, 0.3) is 0 Å². The summed E-state index contributed by atoms with van der Waals surface area (Å²) >= 11 is 0. The van der Waals surface area contributed by atoms with Crippen molar-refractivity contribution in [3.05, 3.63) is 60.8 Å². The van der Waals surface area contributed by atoms with Gasteiger partial charge in [-0.05, 0) is 24.3 Å². The second-order valence-corrected chi connectivity index (χ2v) is 4.30. The lowest BCUT2D eigenvalue weighted by Crippen LogP contribution is -2.30. The number of carbonyl (C=O) groups excluding carboxylic acids is 1. The first-order chi connectivity index (χ1) is 10.7. The zero-order chi connectivity index (χ0) is 15.5. The SMILES string of the molecule is O=C(Nc1cccc(F)c1O)N(c1ccco1)c1ccco1. The van der Waals surface area contributed by atoms with Crippen LogP contribution in [-0.4, -0.2) is 11.1 Å². The number of furan rings is 2. The molecule has 1 aromatic carbocycles. The Bertz CT molecular complexity index is 735. The highest BCUT2D eigenvalue weighted by Gasteiger charge is 2.24. The Morgan fingerprint density at radius 2 is 1.68 bits per heavy atom. The lowest BCUT2D eigenvalue weighted by Gasteiger charge is -2.18. The zero-order valence-corrected chi connectivity index (χ0v) is 11.2. The van der Waals surface area contributed by atoms with E-state index < -0.39 is 17.6 Å². The predicted molar refractivity (Wildman–Crippen MR) is 76.6 cm³/mol. The topological polar surface area (TPSA) is 78.9 Å². The molecule has 0 unspecified atom stereocenters. The van der Waals surface area contributed by atoms with E-state index in [-0.39, 0.29) is 17.5 Å². The van der Waals surface area contributed by atoms with Crippen LogP contribution in [0.4, 0.5) is 26.6 Å². The molecule has 0 aliphatic heterocycles. The summed E-state index contributed by atoms with van der Waals surface area (Å²) in [5.74, 6) is -1.05. The molecule has 112 valence electrons. The fourth-order valence-electron chi connectivity index (χ4n) is 1.89. The van der Waals surface area contributed by atoms with E-state index in [9.17, 15) is 14.3 Å². The number of rotatable bonds is 3. The normalized spacial score (nSPS) is 10.4. The number of phenolic OH excluding ortho intramolecular Hbond substituents is 1. The third-order valence-corrected chi connectivity index (χ3v) is 2.88. The lowest BCUT2D eigenvalue weighted by molar-refractivity contribution is 0.257. The zero-order valence-electron chi connectivity index (χ0n) is 11.2. The molecule has 0 aliphatic carbocycles. The van der Waals surface area contributed by atoms with E-state index in [2.05, 4.69) is 5.32 Å². The molecule has 2 heterocycles. The van der Waals surface area contributed by atoms with Gasteiger partial charge in [0, 0.05) is 12.1 Å². The van der Waals surface area contributed by atoms with E-state index in [1.54, 1.807) is 24.3 Å². The van der Waals surface area contributed by atoms with Gasteiger partial charge in [0.05, 0.1) is 18.2 Å². The van der Waals surface area contributed by atoms with Crippen molar-refractivity contribution < 1.29 is 23.1 Å². The third-order valence-electron chi connectivity index (χ3n) is 2.88. The summed E-state index contributed by atoms with van der Waals surface area (Å²) in [5, 5.41) is 12.0. The molecule has 2 amide bonds. The summed E-state index contributed by atoms with van der Waals surface area (Å²) in [6.45, 7) is 0. The van der Waals surface area contributed by atoms with Crippen molar-refractivity contribution in [2.24, 2.45) is 0 Å². The quantitative estimate of drug-likeness (QED) is 0.714. The average Bonchev–Trinajstić information content (AvgIpc) is 3.18. The van der Waals surface area contributed by atoms with Crippen molar-refractivity contribution in [2.45, 2.75) is 0 Å². The molecule has 0 saturated heterocycles. The Morgan fingerprint density at radius 3 is 2.23 bits per heavy atom. The fourth-order valence-corrected chi connectivity index (χ4v) is 1.89. The van der Waals surface area contributed by atoms with E-state index in [0.717, 1.165) is 11.0 Å². The van der Waals surface area contributed by atoms with E-state index in [1.807, 2.05) is 0 Å². The van der Waals surface area contributed by atoms with Crippen LogP contribution in [0.3, 0.4) is 0 Å². The molecule has 2 aromatic heterocycles. The average molecular weight is 302 g/mol. The van der Waals surface area contributed by atoms with Gasteiger partial charge in [-0.2, -0.15) is 0 Å². The number of hydrogen-bond acceptors (Lipinski definition) is 4. The van der Waals surface area contributed by atoms with Crippen molar-refractivity contribution in [3.63, 3.8) is 0 Å². The van der Waals surface area contributed by atoms with Crippen LogP contribution in [-0.2, 0) is 0 Å². The number of halogens is 1. The summed E-state index contributed by atoms with van der Waals surface area (Å²) in [6.07, 6.45) is 2.80. The van der Waals surface area contributed by atoms with Gasteiger partial charge in [0.2, 0.25) is 11.8 Å². The largest absolute Gasteiger partial charge is 0.503 e. The van der Waals surface area contributed by atoms with Gasteiger partial charge in [-0.1, -0.05) is 6.07 Å². The minimum absolute atomic E-state index is 0.0619. The Morgan fingerprint density at radius 1 is 1.05 bits per heavy atom. The third kappa shape index (κ3) is 2.51. The smallest absolute Gasteiger partial charge is 0.335 e. The standard InChI is InChI=1S/C15H11FN2O4/c16-10-4-1-5-11(14(10)19)17-15(20)18(12-6-2-8-21-12)13-7-3-9-22-13/h1-9,19H,(H,17,20). The first-order valence-electron chi connectivity index (χ1n) is 6.32. The maximum absolute atomic E-state index is 13.3. The van der Waals surface area contributed by atoms with Gasteiger partial charge in [0.1, 0.15) is 0 Å². The number of nitrogens with zero attached hydrogens (tertiary/aromatic N) is 1. The number of urea groups is 1. The van der Waals surface area contributed by atoms with Crippen LogP contribution in [0.15, 0.2) is 63.8 Å². The molecule has 0 saturated carbocycles. The molecule has 3 rings (SSSR count). The van der Waals surface area contributed by atoms with Crippen LogP contribution in [0.1, 0.15) is 0 Å². The molecule has 7 heteroatoms. The molecular weight excluding hydrogens is 291 g/mol. The highest BCUT2D eigenvalue weighted by Crippen LogP contribution is 2.30. The van der Waals surface area contributed by atoms with Crippen LogP contribution >= 0.6 is 0 Å². The minimum atomic E-state index is -0.833. The molecule has 0 fully saturated rings. The van der Waals surface area contributed by atoms with E-state index in [0.29, 0.717) is 0 Å². The number of amides is 2. The summed E-state index contributed by atoms with van der Waals surface area (Å²) in [7, 11) is 0. The van der Waals surface area contributed by atoms with Gasteiger partial charge in [0.25, 0.3) is 0 Å². The monoisotopic (exact) mass is 302 g/mol. The highest BCUT2D eigenvalue weighted by molar-refractivity contribution is 6.05. The van der Waals surface area contributed by atoms with Gasteiger partial charge in [-0.25, -0.2) is 14.1 Å². The van der Waals surface area contributed by atoms with Crippen molar-refractivity contribution in [3.8, 4) is 5.75 Å². The van der Waals surface area contributed by atoms with Gasteiger partial charge >= 0.3 is 6.03 Å². The van der Waals surface area contributed by atoms with Gasteiger partial charge in [-0.15, -0.1) is 0 Å². The van der Waals surface area contributed by atoms with Crippen molar-refractivity contribution in [1.82, 2.24) is 0 Å². The Balaban J connectivity index is 1.92. The highest BCUT2D eigenvalue weighted by atomic mass is 19.1. The number of para-hydroxylation sites is 1. The van der Waals surface area contributed by atoms with Crippen LogP contribution in [0, 0.1) is 5.82 Å². The van der Waals surface area contributed by atoms with Crippen molar-refractivity contribution >= 4 is 23.5 Å².